The van der Waals surface area contributed by atoms with E-state index in [-0.39, 0.29) is 29.4 Å². The lowest BCUT2D eigenvalue weighted by Gasteiger charge is -2.25. The number of benzene rings is 1. The number of amides is 3. The molecule has 0 bridgehead atoms. The summed E-state index contributed by atoms with van der Waals surface area (Å²) in [6.07, 6.45) is 3.81. The van der Waals surface area contributed by atoms with E-state index in [1.807, 2.05) is 69.1 Å². The summed E-state index contributed by atoms with van der Waals surface area (Å²) < 4.78 is 0. The molecule has 0 fully saturated rings. The van der Waals surface area contributed by atoms with Crippen LogP contribution in [0, 0.1) is 6.92 Å². The van der Waals surface area contributed by atoms with Crippen molar-refractivity contribution in [3.8, 4) is 0 Å². The summed E-state index contributed by atoms with van der Waals surface area (Å²) in [5, 5.41) is 6.08. The van der Waals surface area contributed by atoms with Crippen LogP contribution in [-0.2, 0) is 16.0 Å². The second-order valence-electron chi connectivity index (χ2n) is 10.1. The van der Waals surface area contributed by atoms with Gasteiger partial charge in [0.05, 0.1) is 5.69 Å². The molecule has 2 aromatic rings. The summed E-state index contributed by atoms with van der Waals surface area (Å²) >= 11 is 0. The Morgan fingerprint density at radius 3 is 2.38 bits per heavy atom. The molecule has 0 spiro atoms. The molecule has 11 heteroatoms. The Kier molecular flexibility index (Phi) is 11.4. The average molecular weight is 539 g/mol. The third-order valence-corrected chi connectivity index (χ3v) is 6.33. The highest BCUT2D eigenvalue weighted by atomic mass is 16.2. The van der Waals surface area contributed by atoms with Crippen LogP contribution < -0.4 is 21.3 Å². The summed E-state index contributed by atoms with van der Waals surface area (Å²) in [4.78, 5) is 51.4. The summed E-state index contributed by atoms with van der Waals surface area (Å²) in [5.74, 6) is -0.194. The van der Waals surface area contributed by atoms with E-state index < -0.39 is 11.9 Å². The molecule has 3 amide bonds. The van der Waals surface area contributed by atoms with Gasteiger partial charge in [-0.05, 0) is 65.9 Å². The zero-order valence-corrected chi connectivity index (χ0v) is 24.3. The van der Waals surface area contributed by atoms with Crippen molar-refractivity contribution in [3.63, 3.8) is 0 Å². The third-order valence-electron chi connectivity index (χ3n) is 6.33. The van der Waals surface area contributed by atoms with E-state index in [4.69, 9.17) is 5.73 Å². The Labute approximate surface area is 231 Å². The number of hydrogen-bond donors (Lipinski definition) is 3. The van der Waals surface area contributed by atoms with Crippen LogP contribution in [0.4, 0.5) is 17.3 Å². The van der Waals surface area contributed by atoms with Crippen LogP contribution in [0.1, 0.15) is 42.5 Å². The second-order valence-corrected chi connectivity index (χ2v) is 10.1. The maximum Gasteiger partial charge on any atom is 0.271 e. The molecule has 0 saturated heterocycles. The predicted molar refractivity (Wildman–Crippen MR) is 155 cm³/mol. The van der Waals surface area contributed by atoms with E-state index >= 15 is 0 Å². The van der Waals surface area contributed by atoms with E-state index in [9.17, 15) is 14.4 Å². The molecule has 2 rings (SSSR count). The molecular weight excluding hydrogens is 496 g/mol. The van der Waals surface area contributed by atoms with Crippen LogP contribution in [0.5, 0.6) is 0 Å². The van der Waals surface area contributed by atoms with Gasteiger partial charge < -0.3 is 31.1 Å². The van der Waals surface area contributed by atoms with Crippen LogP contribution in [0.25, 0.3) is 0 Å². The minimum atomic E-state index is -0.670. The maximum atomic E-state index is 12.6. The smallest absolute Gasteiger partial charge is 0.271 e. The molecule has 1 aromatic heterocycles. The van der Waals surface area contributed by atoms with Gasteiger partial charge in [0.1, 0.15) is 6.04 Å². The number of carbonyl (C=O) groups is 3. The Morgan fingerprint density at radius 2 is 1.77 bits per heavy atom. The van der Waals surface area contributed by atoms with Crippen molar-refractivity contribution in [3.05, 3.63) is 53.4 Å². The van der Waals surface area contributed by atoms with Gasteiger partial charge in [0.25, 0.3) is 5.91 Å². The number of aromatic nitrogens is 2. The fraction of sp³-hybridized carbons (Fsp3) is 0.464. The molecule has 0 saturated carbocycles. The number of hydrogen-bond acceptors (Lipinski definition) is 8. The molecule has 212 valence electrons. The van der Waals surface area contributed by atoms with Crippen LogP contribution in [-0.4, -0.2) is 90.9 Å². The number of nitrogens with two attached hydrogens (primary N) is 1. The average Bonchev–Trinajstić information content (AvgIpc) is 2.87. The number of aryl methyl sites for hydroxylation is 1. The van der Waals surface area contributed by atoms with Crippen molar-refractivity contribution in [2.75, 3.05) is 51.5 Å². The molecule has 11 nitrogen and oxygen atoms in total. The molecule has 0 unspecified atom stereocenters. The first-order chi connectivity index (χ1) is 18.3. The van der Waals surface area contributed by atoms with Gasteiger partial charge in [0.2, 0.25) is 11.8 Å². The lowest BCUT2D eigenvalue weighted by molar-refractivity contribution is -0.135. The number of anilines is 3. The summed E-state index contributed by atoms with van der Waals surface area (Å²) in [7, 11) is 7.36. The van der Waals surface area contributed by atoms with Crippen LogP contribution in [0.3, 0.4) is 0 Å². The predicted octanol–water partition coefficient (Wildman–Crippen LogP) is 2.10. The lowest BCUT2D eigenvalue weighted by Crippen LogP contribution is -2.45. The topological polar surface area (TPSA) is 137 Å². The normalized spacial score (nSPS) is 12.1. The van der Waals surface area contributed by atoms with Gasteiger partial charge >= 0.3 is 0 Å². The molecule has 1 aromatic carbocycles. The molecule has 1 atom stereocenters. The highest BCUT2D eigenvalue weighted by Crippen LogP contribution is 2.25. The fourth-order valence-corrected chi connectivity index (χ4v) is 3.62. The number of primary amides is 1. The van der Waals surface area contributed by atoms with Crippen LogP contribution in [0.15, 0.2) is 36.4 Å². The third kappa shape index (κ3) is 9.06. The van der Waals surface area contributed by atoms with E-state index in [2.05, 4.69) is 20.6 Å². The Balaban J connectivity index is 2.06. The van der Waals surface area contributed by atoms with Gasteiger partial charge in [-0.25, -0.2) is 9.97 Å². The molecule has 0 radical (unpaired) electrons. The first-order valence-electron chi connectivity index (χ1n) is 12.9. The fourth-order valence-electron chi connectivity index (χ4n) is 3.62. The van der Waals surface area contributed by atoms with Crippen molar-refractivity contribution in [1.29, 1.82) is 0 Å². The van der Waals surface area contributed by atoms with E-state index in [1.54, 1.807) is 27.0 Å². The quantitative estimate of drug-likeness (QED) is 0.330. The van der Waals surface area contributed by atoms with Crippen LogP contribution >= 0.6 is 0 Å². The molecular formula is C28H42N8O3. The highest BCUT2D eigenvalue weighted by molar-refractivity contribution is 5.96. The standard InChI is InChI=1S/C28H42N8O3/c1-18(2)35(7)27-19(3)31-24(25(29)38)26(33-27)32-22-12-9-11-21(17-22)14-15-30-28(39)20(4)36(8)23(37)13-10-16-34(5)6/h9-13,17-18,20H,14-16H2,1-8H3,(H2,29,38)(H,30,39)(H,32,33)/b13-10+/t20-/m0/s1. The lowest BCUT2D eigenvalue weighted by atomic mass is 10.1. The monoisotopic (exact) mass is 538 g/mol. The first kappa shape index (κ1) is 31.2. The van der Waals surface area contributed by atoms with E-state index in [0.717, 1.165) is 5.56 Å². The minimum Gasteiger partial charge on any atom is -0.364 e. The second kappa shape index (κ2) is 14.2. The van der Waals surface area contributed by atoms with Gasteiger partial charge in [0.15, 0.2) is 17.3 Å². The van der Waals surface area contributed by atoms with Crippen LogP contribution in [0.2, 0.25) is 0 Å². The van der Waals surface area contributed by atoms with Gasteiger partial charge in [-0.1, -0.05) is 18.2 Å². The Hall–Kier alpha value is -3.99. The zero-order chi connectivity index (χ0) is 29.3. The number of nitrogens with zero attached hydrogens (tertiary/aromatic N) is 5. The maximum absolute atomic E-state index is 12.6. The number of rotatable bonds is 13. The van der Waals surface area contributed by atoms with Crippen molar-refractivity contribution in [2.45, 2.75) is 46.2 Å². The van der Waals surface area contributed by atoms with E-state index in [0.29, 0.717) is 36.7 Å². The SMILES string of the molecule is Cc1nc(C(N)=O)c(Nc2cccc(CCNC(=O)[C@H](C)N(C)C(=O)/C=C/CN(C)C)c2)nc1N(C)C(C)C. The highest BCUT2D eigenvalue weighted by Gasteiger charge is 2.21. The van der Waals surface area contributed by atoms with E-state index in [1.165, 1.54) is 11.0 Å². The van der Waals surface area contributed by atoms with Crippen molar-refractivity contribution in [2.24, 2.45) is 5.73 Å². The number of nitrogens with one attached hydrogen (secondary N) is 2. The van der Waals surface area contributed by atoms with Crippen molar-refractivity contribution < 1.29 is 14.4 Å². The minimum absolute atomic E-state index is 0.0651. The van der Waals surface area contributed by atoms with Crippen molar-refractivity contribution in [1.82, 2.24) is 25.1 Å². The number of likely N-dealkylation sites (N-methyl/N-ethyl adjacent to an activating group) is 2. The summed E-state index contributed by atoms with van der Waals surface area (Å²) in [6, 6.07) is 7.16. The van der Waals surface area contributed by atoms with Gasteiger partial charge in [-0.2, -0.15) is 0 Å². The Bertz CT molecular complexity index is 1200. The van der Waals surface area contributed by atoms with Gasteiger partial charge in [0, 0.05) is 45.0 Å². The van der Waals surface area contributed by atoms with Gasteiger partial charge in [-0.3, -0.25) is 14.4 Å². The zero-order valence-electron chi connectivity index (χ0n) is 24.3. The largest absolute Gasteiger partial charge is 0.364 e. The Morgan fingerprint density at radius 1 is 1.08 bits per heavy atom. The molecule has 0 aliphatic carbocycles. The summed E-state index contributed by atoms with van der Waals surface area (Å²) in [6.45, 7) is 8.61. The first-order valence-corrected chi connectivity index (χ1v) is 12.9. The van der Waals surface area contributed by atoms with Gasteiger partial charge in [-0.15, -0.1) is 0 Å². The number of carbonyl (C=O) groups excluding carboxylic acids is 3. The molecule has 0 aliphatic rings. The molecule has 39 heavy (non-hydrogen) atoms. The molecule has 1 heterocycles. The molecule has 4 N–H and O–H groups in total. The summed E-state index contributed by atoms with van der Waals surface area (Å²) in [5.41, 5.74) is 7.93. The van der Waals surface area contributed by atoms with Crippen molar-refractivity contribution >= 4 is 35.0 Å². The molecule has 0 aliphatic heterocycles.